The Morgan fingerprint density at radius 1 is 1.17 bits per heavy atom. The van der Waals surface area contributed by atoms with Crippen molar-refractivity contribution in [3.63, 3.8) is 0 Å². The number of aliphatic hydroxyl groups is 2. The van der Waals surface area contributed by atoms with Crippen LogP contribution in [-0.2, 0) is 6.42 Å². The topological polar surface area (TPSA) is 95.3 Å². The Kier molecular flexibility index (Phi) is 5.85. The number of hydrogen-bond donors (Lipinski definition) is 3. The molecular weight excluding hydrogens is 398 g/mol. The summed E-state index contributed by atoms with van der Waals surface area (Å²) in [7, 11) is 0. The number of fused-ring (bicyclic) bond motifs is 1. The third kappa shape index (κ3) is 4.38. The molecule has 0 unspecified atom stereocenters. The molecule has 2 heterocycles. The number of amides is 1. The minimum atomic E-state index is -0.787. The summed E-state index contributed by atoms with van der Waals surface area (Å²) in [6.45, 7) is 1.67. The van der Waals surface area contributed by atoms with Gasteiger partial charge in [-0.1, -0.05) is 41.7 Å². The van der Waals surface area contributed by atoms with Gasteiger partial charge in [0.15, 0.2) is 5.13 Å². The molecule has 6 nitrogen and oxygen atoms in total. The molecular formula is C23H21N3O3S. The molecule has 3 N–H and O–H groups in total. The van der Waals surface area contributed by atoms with Gasteiger partial charge < -0.3 is 10.2 Å². The Bertz CT molecular complexity index is 1160. The molecule has 2 aromatic carbocycles. The Labute approximate surface area is 177 Å². The summed E-state index contributed by atoms with van der Waals surface area (Å²) in [4.78, 5) is 21.5. The number of carbonyl (C=O) groups excluding carboxylic acids is 1. The molecule has 0 aliphatic heterocycles. The third-order valence-corrected chi connectivity index (χ3v) is 5.70. The first-order chi connectivity index (χ1) is 14.5. The standard InChI is InChI=1S/C23H21N3O3S/c1-14-10-15(11-18(28)13-27)12-24-21(14)16-6-8-17(9-7-16)22(29)26-23-25-19-4-2-3-5-20(19)30-23/h2-10,12,18,27-28H,11,13H2,1H3,(H,25,26,29)/t18-/m1/s1. The summed E-state index contributed by atoms with van der Waals surface area (Å²) < 4.78 is 1.03. The van der Waals surface area contributed by atoms with Gasteiger partial charge in [-0.15, -0.1) is 0 Å². The lowest BCUT2D eigenvalue weighted by Crippen LogP contribution is -2.15. The summed E-state index contributed by atoms with van der Waals surface area (Å²) in [6.07, 6.45) is 1.27. The van der Waals surface area contributed by atoms with Gasteiger partial charge in [-0.3, -0.25) is 15.1 Å². The van der Waals surface area contributed by atoms with E-state index >= 15 is 0 Å². The van der Waals surface area contributed by atoms with E-state index in [9.17, 15) is 9.90 Å². The van der Waals surface area contributed by atoms with Gasteiger partial charge in [0, 0.05) is 23.7 Å². The molecule has 7 heteroatoms. The number of nitrogens with one attached hydrogen (secondary N) is 1. The molecule has 4 aromatic rings. The van der Waals surface area contributed by atoms with Crippen LogP contribution in [0.3, 0.4) is 0 Å². The predicted octanol–water partition coefficient (Wildman–Crippen LogP) is 3.81. The molecule has 2 aromatic heterocycles. The van der Waals surface area contributed by atoms with Crippen molar-refractivity contribution < 1.29 is 15.0 Å². The zero-order valence-corrected chi connectivity index (χ0v) is 17.2. The average molecular weight is 420 g/mol. The molecule has 0 saturated carbocycles. The SMILES string of the molecule is Cc1cc(C[C@@H](O)CO)cnc1-c1ccc(C(=O)Nc2nc3ccccc3s2)cc1. The molecule has 0 spiro atoms. The molecule has 0 saturated heterocycles. The maximum absolute atomic E-state index is 12.6. The van der Waals surface area contributed by atoms with Gasteiger partial charge in [-0.2, -0.15) is 0 Å². The summed E-state index contributed by atoms with van der Waals surface area (Å²) in [6, 6.07) is 17.0. The number of aliphatic hydroxyl groups excluding tert-OH is 2. The van der Waals surface area contributed by atoms with Crippen molar-refractivity contribution in [2.75, 3.05) is 11.9 Å². The largest absolute Gasteiger partial charge is 0.394 e. The van der Waals surface area contributed by atoms with Crippen LogP contribution in [-0.4, -0.2) is 38.8 Å². The van der Waals surface area contributed by atoms with E-state index in [1.54, 1.807) is 18.3 Å². The lowest BCUT2D eigenvalue weighted by molar-refractivity contribution is 0.0954. The highest BCUT2D eigenvalue weighted by Crippen LogP contribution is 2.26. The molecule has 0 aliphatic rings. The number of anilines is 1. The summed E-state index contributed by atoms with van der Waals surface area (Å²) in [5.74, 6) is -0.210. The maximum Gasteiger partial charge on any atom is 0.257 e. The second-order valence-electron chi connectivity index (χ2n) is 7.07. The van der Waals surface area contributed by atoms with Gasteiger partial charge in [-0.25, -0.2) is 4.98 Å². The second kappa shape index (κ2) is 8.71. The van der Waals surface area contributed by atoms with E-state index in [1.165, 1.54) is 11.3 Å². The van der Waals surface area contributed by atoms with Gasteiger partial charge in [0.05, 0.1) is 28.6 Å². The fraction of sp³-hybridized carbons (Fsp3) is 0.174. The first-order valence-corrected chi connectivity index (χ1v) is 10.4. The van der Waals surface area contributed by atoms with Gasteiger partial charge in [0.2, 0.25) is 0 Å². The van der Waals surface area contributed by atoms with Crippen molar-refractivity contribution in [3.8, 4) is 11.3 Å². The molecule has 0 bridgehead atoms. The van der Waals surface area contributed by atoms with E-state index in [-0.39, 0.29) is 12.5 Å². The van der Waals surface area contributed by atoms with E-state index < -0.39 is 6.10 Å². The number of carbonyl (C=O) groups is 1. The number of rotatable bonds is 6. The first-order valence-electron chi connectivity index (χ1n) is 9.55. The number of pyridine rings is 1. The van der Waals surface area contributed by atoms with E-state index in [0.717, 1.165) is 32.6 Å². The van der Waals surface area contributed by atoms with Crippen LogP contribution in [0.5, 0.6) is 0 Å². The number of thiazole rings is 1. The average Bonchev–Trinajstić information content (AvgIpc) is 3.16. The Hall–Kier alpha value is -3.13. The highest BCUT2D eigenvalue weighted by atomic mass is 32.1. The first kappa shape index (κ1) is 20.2. The predicted molar refractivity (Wildman–Crippen MR) is 119 cm³/mol. The van der Waals surface area contributed by atoms with E-state index in [0.29, 0.717) is 17.1 Å². The summed E-state index contributed by atoms with van der Waals surface area (Å²) in [5.41, 5.74) is 4.95. The molecule has 152 valence electrons. The minimum absolute atomic E-state index is 0.210. The van der Waals surface area contributed by atoms with Gasteiger partial charge >= 0.3 is 0 Å². The number of aryl methyl sites for hydroxylation is 1. The fourth-order valence-electron chi connectivity index (χ4n) is 3.26. The Balaban J connectivity index is 1.48. The monoisotopic (exact) mass is 419 g/mol. The second-order valence-corrected chi connectivity index (χ2v) is 8.10. The van der Waals surface area contributed by atoms with Crippen LogP contribution in [0.15, 0.2) is 60.8 Å². The Morgan fingerprint density at radius 3 is 2.63 bits per heavy atom. The minimum Gasteiger partial charge on any atom is -0.394 e. The maximum atomic E-state index is 12.6. The highest BCUT2D eigenvalue weighted by Gasteiger charge is 2.12. The van der Waals surface area contributed by atoms with Crippen molar-refractivity contribution in [2.45, 2.75) is 19.4 Å². The van der Waals surface area contributed by atoms with Crippen molar-refractivity contribution in [3.05, 3.63) is 77.5 Å². The van der Waals surface area contributed by atoms with Crippen molar-refractivity contribution >= 4 is 32.6 Å². The van der Waals surface area contributed by atoms with Crippen LogP contribution in [0.25, 0.3) is 21.5 Å². The zero-order chi connectivity index (χ0) is 21.1. The molecule has 30 heavy (non-hydrogen) atoms. The number of hydrogen-bond acceptors (Lipinski definition) is 6. The third-order valence-electron chi connectivity index (χ3n) is 4.75. The van der Waals surface area contributed by atoms with Crippen LogP contribution < -0.4 is 5.32 Å². The van der Waals surface area contributed by atoms with Crippen LogP contribution >= 0.6 is 11.3 Å². The number of nitrogens with zero attached hydrogens (tertiary/aromatic N) is 2. The zero-order valence-electron chi connectivity index (χ0n) is 16.4. The molecule has 0 aliphatic carbocycles. The smallest absolute Gasteiger partial charge is 0.257 e. The van der Waals surface area contributed by atoms with Crippen molar-refractivity contribution in [1.82, 2.24) is 9.97 Å². The fourth-order valence-corrected chi connectivity index (χ4v) is 4.12. The van der Waals surface area contributed by atoms with E-state index in [1.807, 2.05) is 49.4 Å². The molecule has 0 radical (unpaired) electrons. The summed E-state index contributed by atoms with van der Waals surface area (Å²) >= 11 is 1.44. The van der Waals surface area contributed by atoms with Crippen molar-refractivity contribution in [1.29, 1.82) is 0 Å². The van der Waals surface area contributed by atoms with Crippen LogP contribution in [0.2, 0.25) is 0 Å². The number of para-hydroxylation sites is 1. The number of benzene rings is 2. The lowest BCUT2D eigenvalue weighted by atomic mass is 10.0. The molecule has 1 amide bonds. The highest BCUT2D eigenvalue weighted by molar-refractivity contribution is 7.22. The molecule has 0 fully saturated rings. The van der Waals surface area contributed by atoms with Gasteiger partial charge in [0.25, 0.3) is 5.91 Å². The van der Waals surface area contributed by atoms with E-state index in [4.69, 9.17) is 5.11 Å². The van der Waals surface area contributed by atoms with Crippen LogP contribution in [0.1, 0.15) is 21.5 Å². The number of aromatic nitrogens is 2. The summed E-state index contributed by atoms with van der Waals surface area (Å²) in [5, 5.41) is 22.0. The van der Waals surface area contributed by atoms with Gasteiger partial charge in [-0.05, 0) is 42.3 Å². The quantitative estimate of drug-likeness (QED) is 0.442. The van der Waals surface area contributed by atoms with E-state index in [2.05, 4.69) is 15.3 Å². The Morgan fingerprint density at radius 2 is 1.93 bits per heavy atom. The van der Waals surface area contributed by atoms with Gasteiger partial charge in [0.1, 0.15) is 0 Å². The van der Waals surface area contributed by atoms with Crippen LogP contribution in [0, 0.1) is 6.92 Å². The van der Waals surface area contributed by atoms with Crippen molar-refractivity contribution in [2.24, 2.45) is 0 Å². The van der Waals surface area contributed by atoms with Crippen LogP contribution in [0.4, 0.5) is 5.13 Å². The molecule has 1 atom stereocenters. The molecule has 4 rings (SSSR count). The lowest BCUT2D eigenvalue weighted by Gasteiger charge is -2.11. The normalized spacial score (nSPS) is 12.1.